The van der Waals surface area contributed by atoms with Crippen LogP contribution in [-0.2, 0) is 4.84 Å². The molecule has 0 aliphatic rings. The summed E-state index contributed by atoms with van der Waals surface area (Å²) in [5, 5.41) is 6.29. The number of amides is 1. The molecule has 1 N–H and O–H groups in total. The monoisotopic (exact) mass is 246 g/mol. The lowest BCUT2D eigenvalue weighted by atomic mass is 9.91. The van der Waals surface area contributed by atoms with Crippen LogP contribution in [0.15, 0.2) is 5.16 Å². The molecule has 1 amide bonds. The minimum Gasteiger partial charge on any atom is -0.323 e. The predicted molar refractivity (Wildman–Crippen MR) is 70.0 cm³/mol. The van der Waals surface area contributed by atoms with Gasteiger partial charge in [-0.05, 0) is 12.2 Å². The second-order valence-electron chi connectivity index (χ2n) is 4.47. The van der Waals surface area contributed by atoms with E-state index in [9.17, 15) is 4.79 Å². The molecule has 0 aromatic rings. The molecule has 0 spiro atoms. The minimum atomic E-state index is -0.526. The van der Waals surface area contributed by atoms with Gasteiger partial charge in [0.05, 0.1) is 5.71 Å². The van der Waals surface area contributed by atoms with Gasteiger partial charge in [0.15, 0.2) is 0 Å². The SMILES string of the molecule is CCCSCC(=NOC(=O)NC)C(C)(C)C. The van der Waals surface area contributed by atoms with Gasteiger partial charge < -0.3 is 5.32 Å². The standard InChI is InChI=1S/C11H22N2O2S/c1-6-7-16-8-9(11(2,3)4)13-15-10(14)12-5/h6-8H2,1-5H3,(H,12,14). The average molecular weight is 246 g/mol. The lowest BCUT2D eigenvalue weighted by Crippen LogP contribution is -2.25. The van der Waals surface area contributed by atoms with Gasteiger partial charge in [0, 0.05) is 18.2 Å². The molecule has 5 heteroatoms. The minimum absolute atomic E-state index is 0.0746. The molecule has 0 saturated carbocycles. The first-order valence-electron chi connectivity index (χ1n) is 5.45. The highest BCUT2D eigenvalue weighted by molar-refractivity contribution is 7.99. The summed E-state index contributed by atoms with van der Waals surface area (Å²) in [6.45, 7) is 8.32. The van der Waals surface area contributed by atoms with Gasteiger partial charge in [0.2, 0.25) is 0 Å². The van der Waals surface area contributed by atoms with Crippen LogP contribution in [0.25, 0.3) is 0 Å². The molecule has 0 bridgehead atoms. The van der Waals surface area contributed by atoms with Crippen molar-refractivity contribution in [3.8, 4) is 0 Å². The van der Waals surface area contributed by atoms with Gasteiger partial charge in [0.1, 0.15) is 0 Å². The molecule has 0 atom stereocenters. The Kier molecular flexibility index (Phi) is 7.21. The Hall–Kier alpha value is -0.710. The molecule has 0 aromatic heterocycles. The summed E-state index contributed by atoms with van der Waals surface area (Å²) < 4.78 is 0. The Morgan fingerprint density at radius 3 is 2.50 bits per heavy atom. The number of oxime groups is 1. The number of nitrogens with one attached hydrogen (secondary N) is 1. The zero-order valence-electron chi connectivity index (χ0n) is 10.8. The molecule has 0 unspecified atom stereocenters. The third-order valence-electron chi connectivity index (χ3n) is 1.90. The number of hydrogen-bond donors (Lipinski definition) is 1. The fourth-order valence-corrected chi connectivity index (χ4v) is 1.95. The predicted octanol–water partition coefficient (Wildman–Crippen LogP) is 2.89. The Morgan fingerprint density at radius 1 is 1.44 bits per heavy atom. The third kappa shape index (κ3) is 6.71. The highest BCUT2D eigenvalue weighted by atomic mass is 32.2. The lowest BCUT2D eigenvalue weighted by Gasteiger charge is -2.20. The number of carbonyl (C=O) groups excluding carboxylic acids is 1. The summed E-state index contributed by atoms with van der Waals surface area (Å²) in [6.07, 6.45) is 0.612. The molecule has 4 nitrogen and oxygen atoms in total. The Balaban J connectivity index is 4.37. The van der Waals surface area contributed by atoms with Gasteiger partial charge in [-0.1, -0.05) is 32.9 Å². The first kappa shape index (κ1) is 15.3. The normalized spacial score (nSPS) is 12.4. The van der Waals surface area contributed by atoms with E-state index < -0.39 is 6.09 Å². The van der Waals surface area contributed by atoms with E-state index in [0.717, 1.165) is 23.6 Å². The first-order valence-corrected chi connectivity index (χ1v) is 6.61. The van der Waals surface area contributed by atoms with Crippen LogP contribution in [0, 0.1) is 5.41 Å². The van der Waals surface area contributed by atoms with E-state index in [4.69, 9.17) is 4.84 Å². The number of thioether (sulfide) groups is 1. The summed E-state index contributed by atoms with van der Waals surface area (Å²) >= 11 is 1.80. The molecular weight excluding hydrogens is 224 g/mol. The quantitative estimate of drug-likeness (QED) is 0.351. The smallest absolute Gasteiger partial charge is 0.323 e. The maximum atomic E-state index is 10.9. The van der Waals surface area contributed by atoms with Gasteiger partial charge >= 0.3 is 6.09 Å². The Labute approximate surface area is 102 Å². The van der Waals surface area contributed by atoms with E-state index in [0.29, 0.717) is 0 Å². The van der Waals surface area contributed by atoms with Crippen molar-refractivity contribution >= 4 is 23.6 Å². The van der Waals surface area contributed by atoms with Crippen LogP contribution >= 0.6 is 11.8 Å². The van der Waals surface area contributed by atoms with Crippen molar-refractivity contribution in [2.75, 3.05) is 18.6 Å². The maximum Gasteiger partial charge on any atom is 0.433 e. The van der Waals surface area contributed by atoms with Crippen molar-refractivity contribution in [3.05, 3.63) is 0 Å². The number of rotatable bonds is 5. The van der Waals surface area contributed by atoms with E-state index in [-0.39, 0.29) is 5.41 Å². The van der Waals surface area contributed by atoms with Crippen LogP contribution in [0.1, 0.15) is 34.1 Å². The highest BCUT2D eigenvalue weighted by Gasteiger charge is 2.20. The van der Waals surface area contributed by atoms with Gasteiger partial charge in [-0.3, -0.25) is 4.84 Å². The molecule has 0 fully saturated rings. The van der Waals surface area contributed by atoms with Crippen LogP contribution in [0.4, 0.5) is 4.79 Å². The van der Waals surface area contributed by atoms with Crippen LogP contribution in [-0.4, -0.2) is 30.4 Å². The number of hydrogen-bond acceptors (Lipinski definition) is 4. The van der Waals surface area contributed by atoms with Gasteiger partial charge in [0.25, 0.3) is 0 Å². The number of nitrogens with zero attached hydrogens (tertiary/aromatic N) is 1. The summed E-state index contributed by atoms with van der Waals surface area (Å²) in [7, 11) is 1.51. The van der Waals surface area contributed by atoms with Crippen LogP contribution < -0.4 is 5.32 Å². The van der Waals surface area contributed by atoms with E-state index in [1.807, 2.05) is 0 Å². The topological polar surface area (TPSA) is 50.7 Å². The van der Waals surface area contributed by atoms with E-state index in [1.165, 1.54) is 7.05 Å². The molecule has 0 aromatic carbocycles. The van der Waals surface area contributed by atoms with E-state index in [1.54, 1.807) is 11.8 Å². The third-order valence-corrected chi connectivity index (χ3v) is 3.07. The Bertz CT molecular complexity index is 247. The van der Waals surface area contributed by atoms with Crippen molar-refractivity contribution in [1.29, 1.82) is 0 Å². The maximum absolute atomic E-state index is 10.9. The second-order valence-corrected chi connectivity index (χ2v) is 5.57. The molecule has 0 saturated heterocycles. The molecular formula is C11H22N2O2S. The average Bonchev–Trinajstić information content (AvgIpc) is 2.20. The summed E-state index contributed by atoms with van der Waals surface area (Å²) in [5.41, 5.74) is 0.823. The molecule has 0 aliphatic heterocycles. The zero-order valence-corrected chi connectivity index (χ0v) is 11.6. The molecule has 94 valence electrons. The van der Waals surface area contributed by atoms with Gasteiger partial charge in [-0.15, -0.1) is 0 Å². The van der Waals surface area contributed by atoms with Crippen molar-refractivity contribution in [2.24, 2.45) is 10.6 Å². The Morgan fingerprint density at radius 2 is 2.06 bits per heavy atom. The molecule has 0 heterocycles. The molecule has 0 radical (unpaired) electrons. The van der Waals surface area contributed by atoms with Crippen molar-refractivity contribution in [2.45, 2.75) is 34.1 Å². The largest absolute Gasteiger partial charge is 0.433 e. The van der Waals surface area contributed by atoms with Crippen molar-refractivity contribution in [3.63, 3.8) is 0 Å². The second kappa shape index (κ2) is 7.54. The van der Waals surface area contributed by atoms with Crippen LogP contribution in [0.5, 0.6) is 0 Å². The molecule has 16 heavy (non-hydrogen) atoms. The zero-order chi connectivity index (χ0) is 12.6. The lowest BCUT2D eigenvalue weighted by molar-refractivity contribution is 0.152. The highest BCUT2D eigenvalue weighted by Crippen LogP contribution is 2.20. The summed E-state index contributed by atoms with van der Waals surface area (Å²) in [4.78, 5) is 15.7. The van der Waals surface area contributed by atoms with Crippen LogP contribution in [0.3, 0.4) is 0 Å². The molecule has 0 aliphatic carbocycles. The van der Waals surface area contributed by atoms with E-state index >= 15 is 0 Å². The number of carbonyl (C=O) groups is 1. The fourth-order valence-electron chi connectivity index (χ4n) is 0.835. The van der Waals surface area contributed by atoms with Crippen LogP contribution in [0.2, 0.25) is 0 Å². The summed E-state index contributed by atoms with van der Waals surface area (Å²) in [5.74, 6) is 1.89. The molecule has 0 rings (SSSR count). The summed E-state index contributed by atoms with van der Waals surface area (Å²) in [6, 6.07) is 0. The van der Waals surface area contributed by atoms with Crippen molar-refractivity contribution in [1.82, 2.24) is 5.32 Å². The first-order chi connectivity index (χ1) is 7.41. The van der Waals surface area contributed by atoms with Gasteiger partial charge in [-0.25, -0.2) is 4.79 Å². The van der Waals surface area contributed by atoms with Gasteiger partial charge in [-0.2, -0.15) is 11.8 Å². The fraction of sp³-hybridized carbons (Fsp3) is 0.818. The van der Waals surface area contributed by atoms with Crippen molar-refractivity contribution < 1.29 is 9.63 Å². The van der Waals surface area contributed by atoms with E-state index in [2.05, 4.69) is 38.2 Å².